The molecule has 2 aromatic heterocycles. The molecule has 2 aromatic carbocycles. The Morgan fingerprint density at radius 2 is 1.67 bits per heavy atom. The molecule has 2 heterocycles. The second kappa shape index (κ2) is 9.32. The molecule has 0 spiro atoms. The molecule has 4 rings (SSSR count). The van der Waals surface area contributed by atoms with Gasteiger partial charge in [0, 0.05) is 11.9 Å². The monoisotopic (exact) mass is 420 g/mol. The Balaban J connectivity index is 1.30. The summed E-state index contributed by atoms with van der Waals surface area (Å²) in [5.41, 5.74) is 1.45. The molecule has 0 radical (unpaired) electrons. The Labute approximate surface area is 178 Å². The van der Waals surface area contributed by atoms with E-state index in [-0.39, 0.29) is 11.7 Å². The first-order valence-electron chi connectivity index (χ1n) is 9.44. The van der Waals surface area contributed by atoms with Gasteiger partial charge in [-0.1, -0.05) is 17.8 Å². The zero-order valence-electron chi connectivity index (χ0n) is 16.3. The van der Waals surface area contributed by atoms with Crippen LogP contribution in [0, 0.1) is 0 Å². The minimum absolute atomic E-state index is 0.118. The topological polar surface area (TPSA) is 77.8 Å². The normalized spacial score (nSPS) is 10.7. The molecule has 8 heteroatoms. The highest BCUT2D eigenvalue weighted by Crippen LogP contribution is 2.25. The molecule has 30 heavy (non-hydrogen) atoms. The number of carbonyl (C=O) groups is 1. The van der Waals surface area contributed by atoms with Crippen LogP contribution in [-0.4, -0.2) is 32.9 Å². The molecule has 0 atom stereocenters. The molecule has 4 aromatic rings. The number of hydrogen-bond acceptors (Lipinski definition) is 6. The molecular formula is C22H20N4O3S. The summed E-state index contributed by atoms with van der Waals surface area (Å²) in [6, 6.07) is 20.3. The van der Waals surface area contributed by atoms with Crippen LogP contribution in [0.2, 0.25) is 0 Å². The number of hydrogen-bond donors (Lipinski definition) is 1. The first-order valence-corrected chi connectivity index (χ1v) is 10.4. The number of ether oxygens (including phenoxy) is 2. The van der Waals surface area contributed by atoms with Crippen LogP contribution in [-0.2, 0) is 4.79 Å². The Morgan fingerprint density at radius 3 is 2.40 bits per heavy atom. The van der Waals surface area contributed by atoms with Crippen molar-refractivity contribution in [2.75, 3.05) is 17.7 Å². The van der Waals surface area contributed by atoms with Crippen molar-refractivity contribution in [3.63, 3.8) is 0 Å². The Hall–Kier alpha value is -3.52. The largest absolute Gasteiger partial charge is 0.494 e. The summed E-state index contributed by atoms with van der Waals surface area (Å²) in [6.07, 6.45) is 1.87. The van der Waals surface area contributed by atoms with Crippen LogP contribution in [0.5, 0.6) is 17.2 Å². The molecule has 0 bridgehead atoms. The van der Waals surface area contributed by atoms with E-state index in [9.17, 15) is 4.79 Å². The third-order valence-electron chi connectivity index (χ3n) is 4.12. The summed E-state index contributed by atoms with van der Waals surface area (Å²) in [5.74, 6) is 2.32. The number of fused-ring (bicyclic) bond motifs is 1. The maximum atomic E-state index is 12.3. The number of anilines is 1. The van der Waals surface area contributed by atoms with Crippen molar-refractivity contribution in [3.05, 3.63) is 72.9 Å². The lowest BCUT2D eigenvalue weighted by molar-refractivity contribution is -0.113. The molecule has 0 aliphatic carbocycles. The van der Waals surface area contributed by atoms with Crippen LogP contribution in [0.4, 0.5) is 5.69 Å². The van der Waals surface area contributed by atoms with Crippen molar-refractivity contribution in [2.24, 2.45) is 0 Å². The van der Waals surface area contributed by atoms with Gasteiger partial charge in [-0.15, -0.1) is 10.2 Å². The number of nitrogens with one attached hydrogen (secondary N) is 1. The molecule has 0 saturated heterocycles. The van der Waals surface area contributed by atoms with Crippen LogP contribution in [0.1, 0.15) is 6.92 Å². The summed E-state index contributed by atoms with van der Waals surface area (Å²) in [7, 11) is 0. The fourth-order valence-corrected chi connectivity index (χ4v) is 3.48. The van der Waals surface area contributed by atoms with Crippen LogP contribution in [0.15, 0.2) is 78.1 Å². The minimum atomic E-state index is -0.118. The first-order chi connectivity index (χ1) is 14.7. The van der Waals surface area contributed by atoms with Gasteiger partial charge in [0.05, 0.1) is 12.4 Å². The van der Waals surface area contributed by atoms with Crippen molar-refractivity contribution in [1.82, 2.24) is 14.6 Å². The van der Waals surface area contributed by atoms with E-state index in [4.69, 9.17) is 9.47 Å². The fraction of sp³-hybridized carbons (Fsp3) is 0.136. The predicted molar refractivity (Wildman–Crippen MR) is 116 cm³/mol. The van der Waals surface area contributed by atoms with Crippen molar-refractivity contribution in [1.29, 1.82) is 0 Å². The summed E-state index contributed by atoms with van der Waals surface area (Å²) >= 11 is 1.34. The number of thioether (sulfide) groups is 1. The lowest BCUT2D eigenvalue weighted by Crippen LogP contribution is -2.14. The van der Waals surface area contributed by atoms with Crippen molar-refractivity contribution < 1.29 is 14.3 Å². The smallest absolute Gasteiger partial charge is 0.234 e. The Morgan fingerprint density at radius 1 is 0.967 bits per heavy atom. The van der Waals surface area contributed by atoms with E-state index in [1.165, 1.54) is 11.8 Å². The molecule has 0 unspecified atom stereocenters. The van der Waals surface area contributed by atoms with Gasteiger partial charge in [0.15, 0.2) is 10.8 Å². The molecule has 1 N–H and O–H groups in total. The molecule has 0 fully saturated rings. The zero-order valence-corrected chi connectivity index (χ0v) is 17.1. The minimum Gasteiger partial charge on any atom is -0.494 e. The van der Waals surface area contributed by atoms with Crippen LogP contribution >= 0.6 is 11.8 Å². The third kappa shape index (κ3) is 4.90. The molecule has 0 saturated carbocycles. The molecule has 1 amide bonds. The highest BCUT2D eigenvalue weighted by atomic mass is 32.2. The number of rotatable bonds is 8. The number of amides is 1. The Bertz CT molecular complexity index is 1130. The van der Waals surface area contributed by atoms with Gasteiger partial charge in [-0.3, -0.25) is 9.20 Å². The molecule has 152 valence electrons. The number of nitrogens with zero attached hydrogens (tertiary/aromatic N) is 3. The number of aromatic nitrogens is 3. The number of carbonyl (C=O) groups excluding carboxylic acids is 1. The third-order valence-corrected chi connectivity index (χ3v) is 5.07. The van der Waals surface area contributed by atoms with Gasteiger partial charge in [0.25, 0.3) is 0 Å². The highest BCUT2D eigenvalue weighted by Gasteiger charge is 2.09. The summed E-state index contributed by atoms with van der Waals surface area (Å²) < 4.78 is 13.1. The van der Waals surface area contributed by atoms with Crippen LogP contribution in [0.3, 0.4) is 0 Å². The van der Waals surface area contributed by atoms with Gasteiger partial charge < -0.3 is 14.8 Å². The lowest BCUT2D eigenvalue weighted by atomic mass is 10.3. The van der Waals surface area contributed by atoms with Gasteiger partial charge in [-0.25, -0.2) is 0 Å². The summed E-state index contributed by atoms with van der Waals surface area (Å²) in [4.78, 5) is 12.3. The van der Waals surface area contributed by atoms with Crippen molar-refractivity contribution >= 4 is 29.0 Å². The standard InChI is InChI=1S/C22H20N4O3S/c1-2-28-17-10-12-19(13-11-17)29-18-8-6-16(7-9-18)23-21(27)15-30-22-25-24-20-5-3-4-14-26(20)22/h3-14H,2,15H2,1H3,(H,23,27). The first kappa shape index (κ1) is 19.8. The van der Waals surface area contributed by atoms with Gasteiger partial charge >= 0.3 is 0 Å². The predicted octanol–water partition coefficient (Wildman–Crippen LogP) is 4.65. The number of benzene rings is 2. The lowest BCUT2D eigenvalue weighted by Gasteiger charge is -2.09. The quantitative estimate of drug-likeness (QED) is 0.418. The highest BCUT2D eigenvalue weighted by molar-refractivity contribution is 7.99. The zero-order chi connectivity index (χ0) is 20.8. The van der Waals surface area contributed by atoms with E-state index in [1.807, 2.05) is 72.1 Å². The van der Waals surface area contributed by atoms with E-state index in [0.717, 1.165) is 11.4 Å². The summed E-state index contributed by atoms with van der Waals surface area (Å²) in [5, 5.41) is 11.7. The van der Waals surface area contributed by atoms with E-state index in [1.54, 1.807) is 12.1 Å². The second-order valence-electron chi connectivity index (χ2n) is 6.28. The van der Waals surface area contributed by atoms with Gasteiger partial charge in [0.1, 0.15) is 17.2 Å². The molecule has 0 aliphatic heterocycles. The molecule has 0 aliphatic rings. The van der Waals surface area contributed by atoms with Gasteiger partial charge in [-0.2, -0.15) is 0 Å². The van der Waals surface area contributed by atoms with Gasteiger partial charge in [0.2, 0.25) is 5.91 Å². The van der Waals surface area contributed by atoms with Gasteiger partial charge in [-0.05, 0) is 67.6 Å². The van der Waals surface area contributed by atoms with Crippen molar-refractivity contribution in [2.45, 2.75) is 12.1 Å². The average Bonchev–Trinajstić information content (AvgIpc) is 3.18. The van der Waals surface area contributed by atoms with E-state index >= 15 is 0 Å². The SMILES string of the molecule is CCOc1ccc(Oc2ccc(NC(=O)CSc3nnc4ccccn34)cc2)cc1. The van der Waals surface area contributed by atoms with Crippen LogP contribution < -0.4 is 14.8 Å². The fourth-order valence-electron chi connectivity index (χ4n) is 2.76. The van der Waals surface area contributed by atoms with Crippen LogP contribution in [0.25, 0.3) is 5.65 Å². The van der Waals surface area contributed by atoms with E-state index in [2.05, 4.69) is 15.5 Å². The average molecular weight is 420 g/mol. The second-order valence-corrected chi connectivity index (χ2v) is 7.22. The Kier molecular flexibility index (Phi) is 6.14. The van der Waals surface area contributed by atoms with E-state index in [0.29, 0.717) is 28.9 Å². The summed E-state index contributed by atoms with van der Waals surface area (Å²) in [6.45, 7) is 2.57. The molecular weight excluding hydrogens is 400 g/mol. The molecule has 7 nitrogen and oxygen atoms in total. The van der Waals surface area contributed by atoms with E-state index < -0.39 is 0 Å². The number of pyridine rings is 1. The van der Waals surface area contributed by atoms with Crippen molar-refractivity contribution in [3.8, 4) is 17.2 Å². The maximum absolute atomic E-state index is 12.3. The maximum Gasteiger partial charge on any atom is 0.234 e.